The number of ether oxygens (including phenoxy) is 4. The van der Waals surface area contributed by atoms with Gasteiger partial charge in [0.05, 0.1) is 19.3 Å². The van der Waals surface area contributed by atoms with Crippen molar-refractivity contribution in [2.45, 2.75) is 95.2 Å². The Hall–Kier alpha value is -3.17. The molecule has 1 aromatic carbocycles. The van der Waals surface area contributed by atoms with E-state index in [2.05, 4.69) is 22.4 Å². The molecule has 1 saturated heterocycles. The van der Waals surface area contributed by atoms with Gasteiger partial charge in [-0.2, -0.15) is 0 Å². The highest BCUT2D eigenvalue weighted by Crippen LogP contribution is 2.30. The number of aryl methyl sites for hydroxylation is 1. The summed E-state index contributed by atoms with van der Waals surface area (Å²) < 4.78 is 23.8. The molecule has 1 amide bonds. The largest absolute Gasteiger partial charge is 0.503 e. The van der Waals surface area contributed by atoms with Crippen molar-refractivity contribution >= 4 is 11.9 Å². The van der Waals surface area contributed by atoms with Crippen molar-refractivity contribution < 1.29 is 33.6 Å². The molecular weight excluding hydrogens is 500 g/mol. The molecule has 2 N–H and O–H groups in total. The van der Waals surface area contributed by atoms with Crippen molar-refractivity contribution in [2.75, 3.05) is 13.7 Å². The molecule has 0 spiro atoms. The molecule has 2 heterocycles. The molecule has 1 aliphatic heterocycles. The smallest absolute Gasteiger partial charge is 0.329 e. The number of esters is 1. The van der Waals surface area contributed by atoms with E-state index < -0.39 is 30.1 Å². The van der Waals surface area contributed by atoms with Gasteiger partial charge in [0.2, 0.25) is 0 Å². The van der Waals surface area contributed by atoms with E-state index in [0.29, 0.717) is 25.9 Å². The maximum absolute atomic E-state index is 13.2. The van der Waals surface area contributed by atoms with Crippen LogP contribution in [0.4, 0.5) is 0 Å². The van der Waals surface area contributed by atoms with Crippen LogP contribution in [0.1, 0.15) is 74.3 Å². The number of aromatic nitrogens is 1. The van der Waals surface area contributed by atoms with Gasteiger partial charge < -0.3 is 29.4 Å². The second-order valence-electron chi connectivity index (χ2n) is 10.3. The summed E-state index contributed by atoms with van der Waals surface area (Å²) in [5.41, 5.74) is 1.04. The summed E-state index contributed by atoms with van der Waals surface area (Å²) in [5, 5.41) is 13.0. The van der Waals surface area contributed by atoms with Gasteiger partial charge in [0, 0.05) is 18.9 Å². The average molecular weight is 541 g/mol. The second-order valence-corrected chi connectivity index (χ2v) is 10.3. The maximum Gasteiger partial charge on any atom is 0.329 e. The zero-order chi connectivity index (χ0) is 27.6. The Morgan fingerprint density at radius 1 is 1.10 bits per heavy atom. The molecule has 1 aromatic heterocycles. The predicted octanol–water partition coefficient (Wildman–Crippen LogP) is 4.36. The first-order valence-electron chi connectivity index (χ1n) is 14.0. The molecule has 212 valence electrons. The first kappa shape index (κ1) is 28.8. The number of nitrogens with zero attached hydrogens (tertiary/aromatic N) is 1. The number of hydrogen-bond acceptors (Lipinski definition) is 8. The van der Waals surface area contributed by atoms with Gasteiger partial charge in [0.25, 0.3) is 5.91 Å². The quantitative estimate of drug-likeness (QED) is 0.337. The summed E-state index contributed by atoms with van der Waals surface area (Å²) in [5.74, 6) is -1.47. The van der Waals surface area contributed by atoms with Gasteiger partial charge in [-0.05, 0) is 57.4 Å². The van der Waals surface area contributed by atoms with Crippen LogP contribution in [0.3, 0.4) is 0 Å². The fraction of sp³-hybridized carbons (Fsp3) is 0.567. The lowest BCUT2D eigenvalue weighted by atomic mass is 10.0. The molecule has 0 bridgehead atoms. The molecule has 1 aliphatic carbocycles. The second kappa shape index (κ2) is 14.3. The first-order valence-corrected chi connectivity index (χ1v) is 14.0. The zero-order valence-corrected chi connectivity index (χ0v) is 22.8. The number of methoxy groups -OCH3 is 1. The van der Waals surface area contributed by atoms with Gasteiger partial charge in [-0.25, -0.2) is 9.78 Å². The van der Waals surface area contributed by atoms with E-state index >= 15 is 0 Å². The number of pyridine rings is 1. The van der Waals surface area contributed by atoms with Gasteiger partial charge in [-0.15, -0.1) is 0 Å². The van der Waals surface area contributed by atoms with Crippen molar-refractivity contribution in [3.8, 4) is 11.5 Å². The fourth-order valence-corrected chi connectivity index (χ4v) is 5.37. The highest BCUT2D eigenvalue weighted by molar-refractivity contribution is 5.97. The molecule has 4 atom stereocenters. The highest BCUT2D eigenvalue weighted by atomic mass is 16.6. The number of carbonyl (C=O) groups excluding carboxylic acids is 2. The lowest BCUT2D eigenvalue weighted by Gasteiger charge is -2.33. The van der Waals surface area contributed by atoms with Crippen LogP contribution in [0.5, 0.6) is 11.5 Å². The standard InChI is InChI=1S/C30H40N2O7/c1-20-28(37-19-9-12-21-10-4-3-5-11-21)25(39-22-13-6-7-14-22)16-8-15-23(30(35)38-20)32-29(34)26-27(33)24(36-2)17-18-31-26/h3-5,10-11,17-18,20,22-23,25,28,33H,6-9,12-16,19H2,1-2H3,(H,32,34). The minimum atomic E-state index is -0.892. The Bertz CT molecular complexity index is 1070. The minimum absolute atomic E-state index is 0.125. The van der Waals surface area contributed by atoms with Gasteiger partial charge in [0.1, 0.15) is 18.2 Å². The number of hydrogen-bond donors (Lipinski definition) is 2. The average Bonchev–Trinajstić information content (AvgIpc) is 3.46. The SMILES string of the molecule is COc1ccnc(C(=O)NC2CCCC(OC3CCCC3)C(OCCCc3ccccc3)C(C)OC2=O)c1O. The zero-order valence-electron chi connectivity index (χ0n) is 22.8. The first-order chi connectivity index (χ1) is 19.0. The number of nitrogens with one attached hydrogen (secondary N) is 1. The fourth-order valence-electron chi connectivity index (χ4n) is 5.37. The molecule has 2 aromatic rings. The van der Waals surface area contributed by atoms with E-state index in [1.807, 2.05) is 25.1 Å². The molecular formula is C30H40N2O7. The number of cyclic esters (lactones) is 1. The lowest BCUT2D eigenvalue weighted by molar-refractivity contribution is -0.172. The van der Waals surface area contributed by atoms with Crippen LogP contribution >= 0.6 is 0 Å². The van der Waals surface area contributed by atoms with Crippen LogP contribution in [0, 0.1) is 0 Å². The maximum atomic E-state index is 13.2. The number of benzene rings is 1. The van der Waals surface area contributed by atoms with Crippen LogP contribution in [-0.2, 0) is 25.4 Å². The van der Waals surface area contributed by atoms with Crippen LogP contribution < -0.4 is 10.1 Å². The third kappa shape index (κ3) is 7.92. The van der Waals surface area contributed by atoms with Crippen molar-refractivity contribution in [1.82, 2.24) is 10.3 Å². The van der Waals surface area contributed by atoms with Crippen molar-refractivity contribution in [3.63, 3.8) is 0 Å². The van der Waals surface area contributed by atoms with Crippen molar-refractivity contribution in [1.29, 1.82) is 0 Å². The topological polar surface area (TPSA) is 116 Å². The summed E-state index contributed by atoms with van der Waals surface area (Å²) in [6.07, 6.45) is 8.14. The molecule has 4 unspecified atom stereocenters. The van der Waals surface area contributed by atoms with E-state index in [-0.39, 0.29) is 29.4 Å². The van der Waals surface area contributed by atoms with E-state index in [4.69, 9.17) is 18.9 Å². The molecule has 0 radical (unpaired) electrons. The number of aromatic hydroxyl groups is 1. The lowest BCUT2D eigenvalue weighted by Crippen LogP contribution is -2.46. The molecule has 39 heavy (non-hydrogen) atoms. The predicted molar refractivity (Wildman–Crippen MR) is 145 cm³/mol. The summed E-state index contributed by atoms with van der Waals surface area (Å²) >= 11 is 0. The van der Waals surface area contributed by atoms with E-state index in [1.54, 1.807) is 0 Å². The summed E-state index contributed by atoms with van der Waals surface area (Å²) in [6, 6.07) is 10.8. The van der Waals surface area contributed by atoms with Crippen LogP contribution in [0.15, 0.2) is 42.6 Å². The monoisotopic (exact) mass is 540 g/mol. The molecule has 1 saturated carbocycles. The van der Waals surface area contributed by atoms with Crippen LogP contribution in [0.2, 0.25) is 0 Å². The number of carbonyl (C=O) groups is 2. The Morgan fingerprint density at radius 3 is 2.62 bits per heavy atom. The van der Waals surface area contributed by atoms with Crippen LogP contribution in [-0.4, -0.2) is 66.1 Å². The van der Waals surface area contributed by atoms with Gasteiger partial charge >= 0.3 is 5.97 Å². The number of rotatable bonds is 10. The summed E-state index contributed by atoms with van der Waals surface area (Å²) in [7, 11) is 1.39. The number of amides is 1. The summed E-state index contributed by atoms with van der Waals surface area (Å²) in [4.78, 5) is 30.1. The third-order valence-corrected chi connectivity index (χ3v) is 7.46. The highest BCUT2D eigenvalue weighted by Gasteiger charge is 2.37. The van der Waals surface area contributed by atoms with Crippen molar-refractivity contribution in [2.24, 2.45) is 0 Å². The Labute approximate surface area is 230 Å². The summed E-state index contributed by atoms with van der Waals surface area (Å²) in [6.45, 7) is 2.34. The van der Waals surface area contributed by atoms with E-state index in [1.165, 1.54) is 24.9 Å². The molecule has 4 rings (SSSR count). The molecule has 2 fully saturated rings. The Kier molecular flexibility index (Phi) is 10.6. The molecule has 9 heteroatoms. The molecule has 9 nitrogen and oxygen atoms in total. The van der Waals surface area contributed by atoms with Gasteiger partial charge in [-0.3, -0.25) is 4.79 Å². The van der Waals surface area contributed by atoms with E-state index in [0.717, 1.165) is 38.5 Å². The van der Waals surface area contributed by atoms with Crippen molar-refractivity contribution in [3.05, 3.63) is 53.9 Å². The minimum Gasteiger partial charge on any atom is -0.503 e. The molecule has 2 aliphatic rings. The Morgan fingerprint density at radius 2 is 1.87 bits per heavy atom. The van der Waals surface area contributed by atoms with Gasteiger partial charge in [-0.1, -0.05) is 43.2 Å². The third-order valence-electron chi connectivity index (χ3n) is 7.46. The van der Waals surface area contributed by atoms with E-state index in [9.17, 15) is 14.7 Å². The van der Waals surface area contributed by atoms with Gasteiger partial charge in [0.15, 0.2) is 17.2 Å². The Balaban J connectivity index is 1.42. The van der Waals surface area contributed by atoms with Crippen LogP contribution in [0.25, 0.3) is 0 Å². The normalized spacial score (nSPS) is 24.3.